The molecule has 96 valence electrons. The van der Waals surface area contributed by atoms with Gasteiger partial charge in [0, 0.05) is 51.3 Å². The number of imidazole rings is 1. The lowest BCUT2D eigenvalue weighted by Gasteiger charge is -2.23. The Kier molecular flexibility index (Phi) is 3.19. The molecule has 0 saturated heterocycles. The van der Waals surface area contributed by atoms with Gasteiger partial charge in [0.25, 0.3) is 0 Å². The number of rotatable bonds is 4. The summed E-state index contributed by atoms with van der Waals surface area (Å²) in [4.78, 5) is 4.36. The summed E-state index contributed by atoms with van der Waals surface area (Å²) >= 11 is 0. The van der Waals surface area contributed by atoms with E-state index in [1.165, 1.54) is 17.8 Å². The molecule has 4 heteroatoms. The Hall–Kier alpha value is -1.55. The van der Waals surface area contributed by atoms with Crippen LogP contribution in [0.15, 0.2) is 30.9 Å². The highest BCUT2D eigenvalue weighted by atomic mass is 15.1. The van der Waals surface area contributed by atoms with Crippen molar-refractivity contribution in [2.75, 3.05) is 6.54 Å². The van der Waals surface area contributed by atoms with E-state index in [1.807, 2.05) is 6.20 Å². The molecule has 4 nitrogen and oxygen atoms in total. The summed E-state index contributed by atoms with van der Waals surface area (Å²) in [6.07, 6.45) is 10.6. The van der Waals surface area contributed by atoms with Crippen molar-refractivity contribution in [1.82, 2.24) is 19.4 Å². The van der Waals surface area contributed by atoms with Gasteiger partial charge in [-0.05, 0) is 30.5 Å². The number of aryl methyl sites for hydroxylation is 2. The third-order valence-corrected chi connectivity index (χ3v) is 3.69. The summed E-state index contributed by atoms with van der Waals surface area (Å²) in [7, 11) is 2.06. The predicted octanol–water partition coefficient (Wildman–Crippen LogP) is 1.57. The maximum atomic E-state index is 4.36. The molecule has 0 aromatic carbocycles. The molecule has 0 spiro atoms. The number of hydrogen-bond acceptors (Lipinski definition) is 2. The van der Waals surface area contributed by atoms with E-state index >= 15 is 0 Å². The van der Waals surface area contributed by atoms with Crippen LogP contribution in [-0.4, -0.2) is 20.7 Å². The van der Waals surface area contributed by atoms with Crippen molar-refractivity contribution < 1.29 is 0 Å². The van der Waals surface area contributed by atoms with E-state index in [2.05, 4.69) is 51.1 Å². The van der Waals surface area contributed by atoms with Crippen molar-refractivity contribution in [3.8, 4) is 0 Å². The van der Waals surface area contributed by atoms with Crippen LogP contribution in [0.4, 0.5) is 0 Å². The van der Waals surface area contributed by atoms with Crippen molar-refractivity contribution in [3.05, 3.63) is 42.2 Å². The maximum absolute atomic E-state index is 4.36. The van der Waals surface area contributed by atoms with E-state index in [9.17, 15) is 0 Å². The monoisotopic (exact) mass is 244 g/mol. The predicted molar refractivity (Wildman–Crippen MR) is 71.2 cm³/mol. The molecule has 18 heavy (non-hydrogen) atoms. The molecule has 2 aromatic rings. The van der Waals surface area contributed by atoms with Crippen LogP contribution in [0.25, 0.3) is 0 Å². The lowest BCUT2D eigenvalue weighted by molar-refractivity contribution is 0.347. The zero-order chi connectivity index (χ0) is 12.4. The SMILES string of the molecule is Cn1ccc(CNCC2CCc3nccn3C2)c1. The second kappa shape index (κ2) is 4.98. The molecule has 3 rings (SSSR count). The van der Waals surface area contributed by atoms with Crippen molar-refractivity contribution in [2.45, 2.75) is 25.9 Å². The second-order valence-electron chi connectivity index (χ2n) is 5.22. The lowest BCUT2D eigenvalue weighted by Crippen LogP contribution is -2.29. The number of nitrogens with zero attached hydrogens (tertiary/aromatic N) is 3. The first-order chi connectivity index (χ1) is 8.81. The minimum absolute atomic E-state index is 0.732. The molecule has 1 atom stereocenters. The number of hydrogen-bond donors (Lipinski definition) is 1. The summed E-state index contributed by atoms with van der Waals surface area (Å²) < 4.78 is 4.38. The molecule has 0 saturated carbocycles. The molecule has 1 aliphatic rings. The topological polar surface area (TPSA) is 34.8 Å². The largest absolute Gasteiger partial charge is 0.357 e. The first kappa shape index (κ1) is 11.5. The number of fused-ring (bicyclic) bond motifs is 1. The van der Waals surface area contributed by atoms with E-state index < -0.39 is 0 Å². The summed E-state index contributed by atoms with van der Waals surface area (Å²) in [5.74, 6) is 1.98. The lowest BCUT2D eigenvalue weighted by atomic mass is 9.99. The van der Waals surface area contributed by atoms with Crippen LogP contribution in [0.1, 0.15) is 17.8 Å². The van der Waals surface area contributed by atoms with Gasteiger partial charge in [-0.25, -0.2) is 4.98 Å². The molecule has 0 fully saturated rings. The molecule has 1 unspecified atom stereocenters. The van der Waals surface area contributed by atoms with Gasteiger partial charge in [0.1, 0.15) is 5.82 Å². The van der Waals surface area contributed by atoms with E-state index in [4.69, 9.17) is 0 Å². The highest BCUT2D eigenvalue weighted by molar-refractivity contribution is 5.09. The number of nitrogens with one attached hydrogen (secondary N) is 1. The van der Waals surface area contributed by atoms with Gasteiger partial charge in [0.05, 0.1) is 0 Å². The van der Waals surface area contributed by atoms with Gasteiger partial charge in [0.15, 0.2) is 0 Å². The molecule has 1 N–H and O–H groups in total. The average Bonchev–Trinajstić information content (AvgIpc) is 2.97. The van der Waals surface area contributed by atoms with Crippen molar-refractivity contribution >= 4 is 0 Å². The summed E-state index contributed by atoms with van der Waals surface area (Å²) in [5.41, 5.74) is 1.36. The van der Waals surface area contributed by atoms with Crippen LogP contribution >= 0.6 is 0 Å². The van der Waals surface area contributed by atoms with Crippen LogP contribution < -0.4 is 5.32 Å². The fourth-order valence-corrected chi connectivity index (χ4v) is 2.69. The van der Waals surface area contributed by atoms with E-state index in [0.29, 0.717) is 0 Å². The Morgan fingerprint density at radius 2 is 2.39 bits per heavy atom. The fraction of sp³-hybridized carbons (Fsp3) is 0.500. The molecule has 0 amide bonds. The Balaban J connectivity index is 1.47. The van der Waals surface area contributed by atoms with E-state index in [-0.39, 0.29) is 0 Å². The highest BCUT2D eigenvalue weighted by Gasteiger charge is 2.18. The zero-order valence-corrected chi connectivity index (χ0v) is 10.8. The maximum Gasteiger partial charge on any atom is 0.108 e. The number of aromatic nitrogens is 3. The van der Waals surface area contributed by atoms with Gasteiger partial charge in [-0.1, -0.05) is 0 Å². The zero-order valence-electron chi connectivity index (χ0n) is 10.8. The molecule has 0 radical (unpaired) electrons. The summed E-state index contributed by atoms with van der Waals surface area (Å²) in [5, 5.41) is 3.56. The average molecular weight is 244 g/mol. The Morgan fingerprint density at radius 1 is 1.44 bits per heavy atom. The minimum atomic E-state index is 0.732. The first-order valence-electron chi connectivity index (χ1n) is 6.63. The minimum Gasteiger partial charge on any atom is -0.357 e. The van der Waals surface area contributed by atoms with Gasteiger partial charge in [-0.15, -0.1) is 0 Å². The molecule has 3 heterocycles. The Morgan fingerprint density at radius 3 is 3.22 bits per heavy atom. The van der Waals surface area contributed by atoms with Crippen LogP contribution in [0.3, 0.4) is 0 Å². The second-order valence-corrected chi connectivity index (χ2v) is 5.22. The Bertz CT molecular complexity index is 511. The van der Waals surface area contributed by atoms with Gasteiger partial charge < -0.3 is 14.5 Å². The molecule has 1 aliphatic heterocycles. The third kappa shape index (κ3) is 2.48. The summed E-state index contributed by atoms with van der Waals surface area (Å²) in [6, 6.07) is 2.17. The quantitative estimate of drug-likeness (QED) is 0.886. The van der Waals surface area contributed by atoms with Crippen molar-refractivity contribution in [1.29, 1.82) is 0 Å². The van der Waals surface area contributed by atoms with Gasteiger partial charge >= 0.3 is 0 Å². The van der Waals surface area contributed by atoms with Crippen molar-refractivity contribution in [2.24, 2.45) is 13.0 Å². The van der Waals surface area contributed by atoms with Crippen LogP contribution in [-0.2, 0) is 26.6 Å². The van der Waals surface area contributed by atoms with Gasteiger partial charge in [0.2, 0.25) is 0 Å². The smallest absolute Gasteiger partial charge is 0.108 e. The molecule has 2 aromatic heterocycles. The standard InChI is InChI=1S/C14H20N4/c1-17-6-4-13(10-17)9-15-8-12-2-3-14-16-5-7-18(14)11-12/h4-7,10,12,15H,2-3,8-9,11H2,1H3. The first-order valence-corrected chi connectivity index (χ1v) is 6.63. The fourth-order valence-electron chi connectivity index (χ4n) is 2.69. The summed E-state index contributed by atoms with van der Waals surface area (Å²) in [6.45, 7) is 3.16. The van der Waals surface area contributed by atoms with E-state index in [1.54, 1.807) is 0 Å². The molecular formula is C14H20N4. The molecule has 0 bridgehead atoms. The van der Waals surface area contributed by atoms with Crippen LogP contribution in [0.2, 0.25) is 0 Å². The van der Waals surface area contributed by atoms with E-state index in [0.717, 1.165) is 32.0 Å². The van der Waals surface area contributed by atoms with Crippen LogP contribution in [0, 0.1) is 5.92 Å². The van der Waals surface area contributed by atoms with Crippen molar-refractivity contribution in [3.63, 3.8) is 0 Å². The molecular weight excluding hydrogens is 224 g/mol. The third-order valence-electron chi connectivity index (χ3n) is 3.69. The van der Waals surface area contributed by atoms with Gasteiger partial charge in [-0.2, -0.15) is 0 Å². The normalized spacial score (nSPS) is 18.8. The van der Waals surface area contributed by atoms with Crippen LogP contribution in [0.5, 0.6) is 0 Å². The Labute approximate surface area is 108 Å². The van der Waals surface area contributed by atoms with Gasteiger partial charge in [-0.3, -0.25) is 0 Å². The molecule has 0 aliphatic carbocycles. The highest BCUT2D eigenvalue weighted by Crippen LogP contribution is 2.17.